The first-order valence-corrected chi connectivity index (χ1v) is 12.0. The summed E-state index contributed by atoms with van der Waals surface area (Å²) in [5, 5.41) is 4.58. The average Bonchev–Trinajstić information content (AvgIpc) is 3.25. The molecule has 4 rings (SSSR count). The number of allylic oxidation sites excluding steroid dienone is 1. The molecule has 1 saturated carbocycles. The van der Waals surface area contributed by atoms with E-state index in [-0.39, 0.29) is 23.3 Å². The zero-order valence-corrected chi connectivity index (χ0v) is 18.0. The fourth-order valence-electron chi connectivity index (χ4n) is 4.37. The van der Waals surface area contributed by atoms with Crippen LogP contribution in [-0.2, 0) is 24.2 Å². The van der Waals surface area contributed by atoms with Crippen LogP contribution in [0.15, 0.2) is 22.6 Å². The highest BCUT2D eigenvalue weighted by Gasteiger charge is 2.25. The molecule has 0 aliphatic heterocycles. The van der Waals surface area contributed by atoms with E-state index in [9.17, 15) is 9.59 Å². The SMILES string of the molecule is C=CCn1c(SCC(=O)N[C@H]2CCCC[C@@H]2C)nc2sc3c(c2c1=O)CCC3. The molecule has 1 N–H and O–H groups in total. The van der Waals surface area contributed by atoms with Crippen molar-refractivity contribution in [1.82, 2.24) is 14.9 Å². The standard InChI is InChI=1S/C21H27N3O2S2/c1-3-11-24-20(26)18-14-8-6-10-16(14)28-19(18)23-21(24)27-12-17(25)22-15-9-5-4-7-13(15)2/h3,13,15H,1,4-12H2,2H3,(H,22,25)/t13-,15-/m0/s1. The van der Waals surface area contributed by atoms with Crippen molar-refractivity contribution in [3.8, 4) is 0 Å². The van der Waals surface area contributed by atoms with Crippen molar-refractivity contribution < 1.29 is 4.79 Å². The molecule has 2 aliphatic rings. The number of nitrogens with zero attached hydrogens (tertiary/aromatic N) is 2. The Kier molecular flexibility index (Phi) is 5.92. The largest absolute Gasteiger partial charge is 0.352 e. The number of amides is 1. The molecule has 2 heterocycles. The zero-order valence-electron chi connectivity index (χ0n) is 16.3. The fraction of sp³-hybridized carbons (Fsp3) is 0.571. The topological polar surface area (TPSA) is 64.0 Å². The molecule has 0 radical (unpaired) electrons. The van der Waals surface area contributed by atoms with Crippen molar-refractivity contribution in [1.29, 1.82) is 0 Å². The Morgan fingerprint density at radius 3 is 2.96 bits per heavy atom. The second-order valence-electron chi connectivity index (χ2n) is 7.86. The van der Waals surface area contributed by atoms with Gasteiger partial charge in [0, 0.05) is 17.5 Å². The first kappa shape index (κ1) is 19.7. The van der Waals surface area contributed by atoms with Crippen molar-refractivity contribution >= 4 is 39.2 Å². The third-order valence-electron chi connectivity index (χ3n) is 5.89. The van der Waals surface area contributed by atoms with Crippen LogP contribution in [0.2, 0.25) is 0 Å². The number of carbonyl (C=O) groups excluding carboxylic acids is 1. The molecule has 1 amide bonds. The molecule has 2 aromatic heterocycles. The number of aryl methyl sites for hydroxylation is 2. The zero-order chi connectivity index (χ0) is 19.7. The molecule has 0 aromatic carbocycles. The maximum absolute atomic E-state index is 13.1. The maximum Gasteiger partial charge on any atom is 0.263 e. The number of nitrogens with one attached hydrogen (secondary N) is 1. The smallest absolute Gasteiger partial charge is 0.263 e. The minimum Gasteiger partial charge on any atom is -0.352 e. The monoisotopic (exact) mass is 417 g/mol. The molecule has 0 bridgehead atoms. The normalized spacial score (nSPS) is 21.6. The molecular formula is C21H27N3O2S2. The summed E-state index contributed by atoms with van der Waals surface area (Å²) in [6.07, 6.45) is 9.52. The predicted molar refractivity (Wildman–Crippen MR) is 116 cm³/mol. The summed E-state index contributed by atoms with van der Waals surface area (Å²) in [4.78, 5) is 32.5. The van der Waals surface area contributed by atoms with Gasteiger partial charge in [-0.2, -0.15) is 0 Å². The fourth-order valence-corrected chi connectivity index (χ4v) is 6.49. The third-order valence-corrected chi connectivity index (χ3v) is 8.05. The number of rotatable bonds is 6. The highest BCUT2D eigenvalue weighted by molar-refractivity contribution is 7.99. The molecule has 5 nitrogen and oxygen atoms in total. The van der Waals surface area contributed by atoms with Gasteiger partial charge in [-0.1, -0.05) is 37.6 Å². The number of aromatic nitrogens is 2. The number of thioether (sulfide) groups is 1. The summed E-state index contributed by atoms with van der Waals surface area (Å²) < 4.78 is 1.67. The molecule has 28 heavy (non-hydrogen) atoms. The van der Waals surface area contributed by atoms with Crippen molar-refractivity contribution in [3.05, 3.63) is 33.4 Å². The lowest BCUT2D eigenvalue weighted by molar-refractivity contribution is -0.119. The quantitative estimate of drug-likeness (QED) is 0.440. The van der Waals surface area contributed by atoms with Gasteiger partial charge in [0.05, 0.1) is 11.1 Å². The van der Waals surface area contributed by atoms with E-state index in [1.807, 2.05) is 0 Å². The number of hydrogen-bond acceptors (Lipinski definition) is 5. The van der Waals surface area contributed by atoms with Gasteiger partial charge in [0.2, 0.25) is 5.91 Å². The lowest BCUT2D eigenvalue weighted by Crippen LogP contribution is -2.41. The minimum absolute atomic E-state index is 0.00751. The molecule has 0 saturated heterocycles. The van der Waals surface area contributed by atoms with Gasteiger partial charge < -0.3 is 5.32 Å². The molecule has 2 aromatic rings. The molecule has 1 fully saturated rings. The Balaban J connectivity index is 1.54. The molecule has 0 unspecified atom stereocenters. The van der Waals surface area contributed by atoms with E-state index in [4.69, 9.17) is 4.98 Å². The first-order chi connectivity index (χ1) is 13.6. The summed E-state index contributed by atoms with van der Waals surface area (Å²) in [5.41, 5.74) is 1.20. The van der Waals surface area contributed by atoms with Gasteiger partial charge >= 0.3 is 0 Å². The van der Waals surface area contributed by atoms with Crippen molar-refractivity contribution in [2.75, 3.05) is 5.75 Å². The van der Waals surface area contributed by atoms with E-state index in [2.05, 4.69) is 18.8 Å². The highest BCUT2D eigenvalue weighted by Crippen LogP contribution is 2.35. The van der Waals surface area contributed by atoms with Gasteiger partial charge in [-0.05, 0) is 43.6 Å². The van der Waals surface area contributed by atoms with Gasteiger partial charge in [-0.3, -0.25) is 14.2 Å². The second-order valence-corrected chi connectivity index (χ2v) is 9.89. The van der Waals surface area contributed by atoms with Gasteiger partial charge in [0.15, 0.2) is 5.16 Å². The Morgan fingerprint density at radius 1 is 1.36 bits per heavy atom. The second kappa shape index (κ2) is 8.41. The summed E-state index contributed by atoms with van der Waals surface area (Å²) in [6.45, 7) is 6.41. The summed E-state index contributed by atoms with van der Waals surface area (Å²) >= 11 is 2.99. The summed E-state index contributed by atoms with van der Waals surface area (Å²) in [5.74, 6) is 0.838. The Bertz CT molecular complexity index is 963. The van der Waals surface area contributed by atoms with Crippen LogP contribution in [0, 0.1) is 5.92 Å². The van der Waals surface area contributed by atoms with E-state index in [1.165, 1.54) is 41.5 Å². The lowest BCUT2D eigenvalue weighted by atomic mass is 9.86. The number of fused-ring (bicyclic) bond motifs is 3. The molecule has 2 atom stereocenters. The first-order valence-electron chi connectivity index (χ1n) is 10.2. The molecule has 150 valence electrons. The molecular weight excluding hydrogens is 390 g/mol. The van der Waals surface area contributed by atoms with Crippen LogP contribution in [0.3, 0.4) is 0 Å². The van der Waals surface area contributed by atoms with E-state index in [0.717, 1.165) is 35.9 Å². The van der Waals surface area contributed by atoms with Crippen LogP contribution in [0.1, 0.15) is 49.5 Å². The minimum atomic E-state index is 0.00751. The molecule has 0 spiro atoms. The van der Waals surface area contributed by atoms with Crippen LogP contribution in [0.4, 0.5) is 0 Å². The van der Waals surface area contributed by atoms with Crippen LogP contribution >= 0.6 is 23.1 Å². The van der Waals surface area contributed by atoms with Gasteiger partial charge in [0.1, 0.15) is 4.83 Å². The van der Waals surface area contributed by atoms with Crippen molar-refractivity contribution in [2.24, 2.45) is 5.92 Å². The maximum atomic E-state index is 13.1. The summed E-state index contributed by atoms with van der Waals surface area (Å²) in [6, 6.07) is 0.271. The van der Waals surface area contributed by atoms with Crippen LogP contribution < -0.4 is 10.9 Å². The predicted octanol–water partition coefficient (Wildman–Crippen LogP) is 3.92. The number of carbonyl (C=O) groups is 1. The lowest BCUT2D eigenvalue weighted by Gasteiger charge is -2.29. The van der Waals surface area contributed by atoms with Crippen LogP contribution in [0.25, 0.3) is 10.2 Å². The van der Waals surface area contributed by atoms with Gasteiger partial charge in [-0.15, -0.1) is 17.9 Å². The van der Waals surface area contributed by atoms with Crippen molar-refractivity contribution in [3.63, 3.8) is 0 Å². The number of thiophene rings is 1. The van der Waals surface area contributed by atoms with Crippen LogP contribution in [0.5, 0.6) is 0 Å². The van der Waals surface area contributed by atoms with Crippen LogP contribution in [-0.4, -0.2) is 27.3 Å². The Labute approximate surface area is 173 Å². The highest BCUT2D eigenvalue weighted by atomic mass is 32.2. The Morgan fingerprint density at radius 2 is 2.18 bits per heavy atom. The summed E-state index contributed by atoms with van der Waals surface area (Å²) in [7, 11) is 0. The van der Waals surface area contributed by atoms with E-state index < -0.39 is 0 Å². The van der Waals surface area contributed by atoms with E-state index in [1.54, 1.807) is 22.0 Å². The third kappa shape index (κ3) is 3.79. The number of hydrogen-bond donors (Lipinski definition) is 1. The average molecular weight is 418 g/mol. The van der Waals surface area contributed by atoms with E-state index in [0.29, 0.717) is 17.6 Å². The van der Waals surface area contributed by atoms with Gasteiger partial charge in [-0.25, -0.2) is 4.98 Å². The van der Waals surface area contributed by atoms with Crippen molar-refractivity contribution in [2.45, 2.75) is 69.6 Å². The van der Waals surface area contributed by atoms with Gasteiger partial charge in [0.25, 0.3) is 5.56 Å². The van der Waals surface area contributed by atoms with E-state index >= 15 is 0 Å². The molecule has 7 heteroatoms. The molecule has 2 aliphatic carbocycles. The Hall–Kier alpha value is -1.60.